The average molecular weight is 226 g/mol. The molecule has 0 amide bonds. The van der Waals surface area contributed by atoms with Crippen LogP contribution in [0, 0.1) is 24.7 Å². The zero-order valence-corrected chi connectivity index (χ0v) is 9.92. The summed E-state index contributed by atoms with van der Waals surface area (Å²) in [6.07, 6.45) is 0. The molecule has 0 aliphatic heterocycles. The Labute approximate surface area is 68.5 Å². The van der Waals surface area contributed by atoms with Gasteiger partial charge in [0.25, 0.3) is 0 Å². The van der Waals surface area contributed by atoms with Crippen molar-refractivity contribution in [1.29, 1.82) is 0 Å². The zero-order chi connectivity index (χ0) is 6.99. The van der Waals surface area contributed by atoms with Crippen LogP contribution in [0.25, 0.3) is 0 Å². The predicted molar refractivity (Wildman–Crippen MR) is 36.9 cm³/mol. The van der Waals surface area contributed by atoms with Crippen molar-refractivity contribution < 1.29 is 16.3 Å². The fourth-order valence-electron chi connectivity index (χ4n) is 0.246. The van der Waals surface area contributed by atoms with Crippen molar-refractivity contribution in [2.75, 3.05) is 0 Å². The number of halogens is 1. The normalized spacial score (nSPS) is 9.75. The third-order valence-corrected chi connectivity index (χ3v) is 0.391. The van der Waals surface area contributed by atoms with Crippen LogP contribution in [0.5, 0.6) is 0 Å². The van der Waals surface area contributed by atoms with Crippen LogP contribution in [0.2, 0.25) is 0 Å². The van der Waals surface area contributed by atoms with Gasteiger partial charge in [-0.05, 0) is 6.92 Å². The molecule has 0 nitrogen and oxygen atoms in total. The van der Waals surface area contributed by atoms with Crippen molar-refractivity contribution in [3.05, 3.63) is 6.92 Å². The second-order valence-corrected chi connectivity index (χ2v) is 1.30. The summed E-state index contributed by atoms with van der Waals surface area (Å²) >= 11 is 4.25. The molecule has 0 heterocycles. The van der Waals surface area contributed by atoms with Gasteiger partial charge in [-0.25, -0.2) is 0 Å². The van der Waals surface area contributed by atoms with Gasteiger partial charge < -0.3 is 6.92 Å². The van der Waals surface area contributed by atoms with Gasteiger partial charge in [-0.15, -0.1) is 17.8 Å². The maximum absolute atomic E-state index is 3.65. The molecule has 8 heavy (non-hydrogen) atoms. The molecular weight excluding hydrogens is 217 g/mol. The molecule has 42 valence electrons. The van der Waals surface area contributed by atoms with Crippen LogP contribution in [-0.2, 0) is 16.3 Å². The summed E-state index contributed by atoms with van der Waals surface area (Å²) in [6, 6.07) is 0. The van der Waals surface area contributed by atoms with Crippen molar-refractivity contribution in [2.45, 2.75) is 13.8 Å². The number of hydrogen-bond acceptors (Lipinski definition) is 0. The van der Waals surface area contributed by atoms with Crippen LogP contribution < -0.4 is 0 Å². The van der Waals surface area contributed by atoms with Gasteiger partial charge in [0.1, 0.15) is 0 Å². The van der Waals surface area contributed by atoms with Crippen LogP contribution in [0.1, 0.15) is 13.8 Å². The Morgan fingerprint density at radius 2 is 2.00 bits per heavy atom. The Bertz CT molecular complexity index is 78.3. The van der Waals surface area contributed by atoms with E-state index in [1.165, 1.54) is 16.3 Å². The minimum absolute atomic E-state index is 0.287. The fourth-order valence-corrected chi connectivity index (χ4v) is 0.246. The van der Waals surface area contributed by atoms with Crippen LogP contribution in [0.3, 0.4) is 0 Å². The van der Waals surface area contributed by atoms with Crippen molar-refractivity contribution >= 4 is 13.6 Å². The quantitative estimate of drug-likeness (QED) is 0.338. The van der Waals surface area contributed by atoms with Crippen molar-refractivity contribution in [3.8, 4) is 11.8 Å². The summed E-state index contributed by atoms with van der Waals surface area (Å²) in [5.74, 6) is 5.89. The summed E-state index contributed by atoms with van der Waals surface area (Å²) in [4.78, 5) is 0. The molecule has 0 unspecified atom stereocenters. The molecule has 0 aromatic carbocycles. The minimum atomic E-state index is 0.287. The van der Waals surface area contributed by atoms with Crippen molar-refractivity contribution in [2.24, 2.45) is 5.92 Å². The van der Waals surface area contributed by atoms with E-state index in [2.05, 4.69) is 32.4 Å². The van der Waals surface area contributed by atoms with E-state index in [0.29, 0.717) is 0 Å². The Kier molecular flexibility index (Phi) is 15.2. The third kappa shape index (κ3) is 15.9. The fraction of sp³-hybridized carbons (Fsp3) is 0.500. The van der Waals surface area contributed by atoms with E-state index >= 15 is 0 Å². The zero-order valence-electron chi connectivity index (χ0n) is 5.37. The van der Waals surface area contributed by atoms with E-state index in [4.69, 9.17) is 0 Å². The van der Waals surface area contributed by atoms with Crippen molar-refractivity contribution in [1.82, 2.24) is 0 Å². The summed E-state index contributed by atoms with van der Waals surface area (Å²) in [5, 5.41) is 0. The van der Waals surface area contributed by atoms with E-state index in [9.17, 15) is 0 Å². The molecule has 0 aliphatic rings. The molecule has 0 aliphatic carbocycles. The Hall–Kier alpha value is 0.663. The van der Waals surface area contributed by atoms with Gasteiger partial charge >= 0.3 is 30.0 Å². The Morgan fingerprint density at radius 3 is 2.00 bits per heavy atom. The Balaban J connectivity index is 0. The van der Waals surface area contributed by atoms with Crippen LogP contribution in [-0.4, -0.2) is 0 Å². The molecule has 0 saturated carbocycles. The van der Waals surface area contributed by atoms with E-state index in [1.54, 1.807) is 0 Å². The summed E-state index contributed by atoms with van der Waals surface area (Å²) < 4.78 is 0. The summed E-state index contributed by atoms with van der Waals surface area (Å²) in [6.45, 7) is 7.44. The standard InChI is InChI=1S/C6H9.BrH.Zn/c1-4-5-6(2)3;;/h6H,2H2,1,3H3;1H;/q-1;;+2/p-1/t6-;;/m0../s1. The van der Waals surface area contributed by atoms with E-state index < -0.39 is 0 Å². The van der Waals surface area contributed by atoms with E-state index in [1.807, 2.05) is 13.8 Å². The first-order valence-electron chi connectivity index (χ1n) is 2.29. The topological polar surface area (TPSA) is 0 Å². The molecule has 0 radical (unpaired) electrons. The van der Waals surface area contributed by atoms with Gasteiger partial charge in [0, 0.05) is 0 Å². The monoisotopic (exact) mass is 224 g/mol. The summed E-state index contributed by atoms with van der Waals surface area (Å²) in [7, 11) is 0. The molecule has 0 aromatic heterocycles. The molecule has 0 spiro atoms. The second kappa shape index (κ2) is 10.6. The average Bonchev–Trinajstić information content (AvgIpc) is 1.72. The molecule has 2 heteroatoms. The van der Waals surface area contributed by atoms with Gasteiger partial charge in [0.05, 0.1) is 0 Å². The van der Waals surface area contributed by atoms with Gasteiger partial charge in [0.2, 0.25) is 0 Å². The van der Waals surface area contributed by atoms with Crippen molar-refractivity contribution in [3.63, 3.8) is 0 Å². The van der Waals surface area contributed by atoms with Crippen LogP contribution >= 0.6 is 13.6 Å². The van der Waals surface area contributed by atoms with Gasteiger partial charge in [-0.1, -0.05) is 6.92 Å². The SMILES string of the molecule is [CH2-][C@@H](C)C#CC.[Zn+][Br]. The number of hydrogen-bond donors (Lipinski definition) is 0. The summed E-state index contributed by atoms with van der Waals surface area (Å²) in [5.41, 5.74) is 0. The molecule has 0 fully saturated rings. The number of rotatable bonds is 0. The van der Waals surface area contributed by atoms with E-state index in [0.717, 1.165) is 0 Å². The second-order valence-electron chi connectivity index (χ2n) is 1.30. The molecule has 0 bridgehead atoms. The first-order chi connectivity index (χ1) is 3.77. The third-order valence-electron chi connectivity index (χ3n) is 0.391. The molecule has 0 N–H and O–H groups in total. The maximum atomic E-state index is 3.65. The van der Waals surface area contributed by atoms with E-state index in [-0.39, 0.29) is 5.92 Å². The first kappa shape index (κ1) is 11.5. The van der Waals surface area contributed by atoms with Gasteiger partial charge in [-0.3, -0.25) is 0 Å². The predicted octanol–water partition coefficient (Wildman–Crippen LogP) is 2.32. The molecule has 0 saturated heterocycles. The molecule has 1 atom stereocenters. The molecule has 0 aromatic rings. The van der Waals surface area contributed by atoms with Crippen LogP contribution in [0.15, 0.2) is 0 Å². The van der Waals surface area contributed by atoms with Crippen LogP contribution in [0.4, 0.5) is 0 Å². The molecular formula is C6H9BrZn. The first-order valence-corrected chi connectivity index (χ1v) is 9.24. The van der Waals surface area contributed by atoms with Gasteiger partial charge in [-0.2, -0.15) is 0 Å². The molecule has 0 rings (SSSR count). The van der Waals surface area contributed by atoms with Gasteiger partial charge in [0.15, 0.2) is 0 Å². The Morgan fingerprint density at radius 1 is 1.62 bits per heavy atom.